The summed E-state index contributed by atoms with van der Waals surface area (Å²) in [7, 11) is 0. The van der Waals surface area contributed by atoms with Crippen molar-refractivity contribution in [1.29, 1.82) is 0 Å². The molecule has 0 unspecified atom stereocenters. The molecule has 16 heavy (non-hydrogen) atoms. The number of nitrogens with two attached hydrogens (primary N) is 1. The Morgan fingerprint density at radius 2 is 2.00 bits per heavy atom. The van der Waals surface area contributed by atoms with Crippen LogP contribution in [-0.2, 0) is 16.0 Å². The third-order valence-corrected chi connectivity index (χ3v) is 1.96. The lowest BCUT2D eigenvalue weighted by Gasteiger charge is -2.05. The Labute approximate surface area is 95.3 Å². The highest BCUT2D eigenvalue weighted by Gasteiger charge is 2.03. The first kappa shape index (κ1) is 12.5. The highest BCUT2D eigenvalue weighted by atomic mass is 16.5. The van der Waals surface area contributed by atoms with Gasteiger partial charge in [-0.25, -0.2) is 0 Å². The van der Waals surface area contributed by atoms with E-state index >= 15 is 0 Å². The van der Waals surface area contributed by atoms with Crippen LogP contribution in [0.15, 0.2) is 24.3 Å². The van der Waals surface area contributed by atoms with Crippen molar-refractivity contribution in [1.82, 2.24) is 0 Å². The van der Waals surface area contributed by atoms with Crippen molar-refractivity contribution in [2.75, 3.05) is 19.8 Å². The van der Waals surface area contributed by atoms with Crippen LogP contribution in [0.1, 0.15) is 12.5 Å². The first-order valence-electron chi connectivity index (χ1n) is 5.33. The third kappa shape index (κ3) is 4.31. The standard InChI is InChI=1S/C12H17NO3/c1-2-15-12(14)9-10-3-5-11(6-4-10)16-8-7-13/h3-6H,2,7-9,13H2,1H3. The number of benzene rings is 1. The summed E-state index contributed by atoms with van der Waals surface area (Å²) in [5, 5.41) is 0. The molecule has 2 N–H and O–H groups in total. The monoisotopic (exact) mass is 223 g/mol. The minimum atomic E-state index is -0.210. The Bertz CT molecular complexity index is 322. The average molecular weight is 223 g/mol. The molecule has 0 aliphatic carbocycles. The van der Waals surface area contributed by atoms with Gasteiger partial charge in [-0.3, -0.25) is 4.79 Å². The molecule has 1 aromatic rings. The van der Waals surface area contributed by atoms with Gasteiger partial charge in [0.15, 0.2) is 0 Å². The molecule has 0 aliphatic rings. The van der Waals surface area contributed by atoms with Crippen LogP contribution < -0.4 is 10.5 Å². The van der Waals surface area contributed by atoms with Gasteiger partial charge >= 0.3 is 5.97 Å². The van der Waals surface area contributed by atoms with Crippen LogP contribution in [0, 0.1) is 0 Å². The summed E-state index contributed by atoms with van der Waals surface area (Å²) in [6.45, 7) is 3.19. The zero-order chi connectivity index (χ0) is 11.8. The van der Waals surface area contributed by atoms with E-state index < -0.39 is 0 Å². The van der Waals surface area contributed by atoms with Gasteiger partial charge in [0.25, 0.3) is 0 Å². The van der Waals surface area contributed by atoms with Crippen LogP contribution in [0.4, 0.5) is 0 Å². The zero-order valence-corrected chi connectivity index (χ0v) is 9.44. The lowest BCUT2D eigenvalue weighted by Crippen LogP contribution is -2.10. The molecule has 0 aliphatic heterocycles. The van der Waals surface area contributed by atoms with Crippen LogP contribution in [-0.4, -0.2) is 25.7 Å². The van der Waals surface area contributed by atoms with E-state index in [1.54, 1.807) is 6.92 Å². The van der Waals surface area contributed by atoms with Crippen molar-refractivity contribution in [2.24, 2.45) is 5.73 Å². The lowest BCUT2D eigenvalue weighted by molar-refractivity contribution is -0.142. The minimum absolute atomic E-state index is 0.210. The van der Waals surface area contributed by atoms with Gasteiger partial charge in [-0.05, 0) is 24.6 Å². The third-order valence-electron chi connectivity index (χ3n) is 1.96. The van der Waals surface area contributed by atoms with Gasteiger partial charge in [0, 0.05) is 6.54 Å². The van der Waals surface area contributed by atoms with Crippen molar-refractivity contribution in [3.8, 4) is 5.75 Å². The smallest absolute Gasteiger partial charge is 0.310 e. The molecule has 0 bridgehead atoms. The maximum Gasteiger partial charge on any atom is 0.310 e. The van der Waals surface area contributed by atoms with Gasteiger partial charge in [-0.15, -0.1) is 0 Å². The van der Waals surface area contributed by atoms with Crippen LogP contribution in [0.2, 0.25) is 0 Å². The van der Waals surface area contributed by atoms with Crippen LogP contribution in [0.5, 0.6) is 5.75 Å². The molecule has 1 aromatic carbocycles. The number of carbonyl (C=O) groups is 1. The van der Waals surface area contributed by atoms with E-state index in [0.717, 1.165) is 11.3 Å². The largest absolute Gasteiger partial charge is 0.492 e. The molecular weight excluding hydrogens is 206 g/mol. The predicted molar refractivity (Wildman–Crippen MR) is 61.3 cm³/mol. The molecular formula is C12H17NO3. The number of hydrogen-bond acceptors (Lipinski definition) is 4. The van der Waals surface area contributed by atoms with Crippen molar-refractivity contribution < 1.29 is 14.3 Å². The Kier molecular flexibility index (Phi) is 5.36. The molecule has 0 aromatic heterocycles. The van der Waals surface area contributed by atoms with Crippen LogP contribution in [0.25, 0.3) is 0 Å². The van der Waals surface area contributed by atoms with Crippen molar-refractivity contribution in [3.63, 3.8) is 0 Å². The van der Waals surface area contributed by atoms with Gasteiger partial charge in [0.2, 0.25) is 0 Å². The Balaban J connectivity index is 2.47. The van der Waals surface area contributed by atoms with E-state index in [-0.39, 0.29) is 5.97 Å². The van der Waals surface area contributed by atoms with Crippen LogP contribution in [0.3, 0.4) is 0 Å². The van der Waals surface area contributed by atoms with Gasteiger partial charge in [-0.2, -0.15) is 0 Å². The van der Waals surface area contributed by atoms with Gasteiger partial charge in [0.1, 0.15) is 12.4 Å². The van der Waals surface area contributed by atoms with E-state index in [9.17, 15) is 4.79 Å². The van der Waals surface area contributed by atoms with Gasteiger partial charge in [0.05, 0.1) is 13.0 Å². The summed E-state index contributed by atoms with van der Waals surface area (Å²) in [4.78, 5) is 11.2. The second-order valence-corrected chi connectivity index (χ2v) is 3.26. The highest BCUT2D eigenvalue weighted by molar-refractivity contribution is 5.72. The number of ether oxygens (including phenoxy) is 2. The number of carbonyl (C=O) groups excluding carboxylic acids is 1. The summed E-state index contributed by atoms with van der Waals surface area (Å²) in [5.74, 6) is 0.552. The quantitative estimate of drug-likeness (QED) is 0.734. The molecule has 1 rings (SSSR count). The first-order chi connectivity index (χ1) is 7.76. The Hall–Kier alpha value is -1.55. The molecule has 0 saturated carbocycles. The zero-order valence-electron chi connectivity index (χ0n) is 9.44. The molecule has 4 nitrogen and oxygen atoms in total. The molecule has 0 saturated heterocycles. The molecule has 0 spiro atoms. The second kappa shape index (κ2) is 6.85. The molecule has 88 valence electrons. The lowest BCUT2D eigenvalue weighted by atomic mass is 10.1. The van der Waals surface area contributed by atoms with E-state index in [1.165, 1.54) is 0 Å². The minimum Gasteiger partial charge on any atom is -0.492 e. The van der Waals surface area contributed by atoms with Crippen LogP contribution >= 0.6 is 0 Å². The highest BCUT2D eigenvalue weighted by Crippen LogP contribution is 2.12. The maximum absolute atomic E-state index is 11.2. The molecule has 4 heteroatoms. The fraction of sp³-hybridized carbons (Fsp3) is 0.417. The summed E-state index contributed by atoms with van der Waals surface area (Å²) < 4.78 is 10.2. The summed E-state index contributed by atoms with van der Waals surface area (Å²) in [6, 6.07) is 7.35. The second-order valence-electron chi connectivity index (χ2n) is 3.26. The number of rotatable bonds is 6. The number of hydrogen-bond donors (Lipinski definition) is 1. The van der Waals surface area contributed by atoms with Crippen molar-refractivity contribution >= 4 is 5.97 Å². The van der Waals surface area contributed by atoms with Crippen molar-refractivity contribution in [3.05, 3.63) is 29.8 Å². The normalized spacial score (nSPS) is 9.88. The van der Waals surface area contributed by atoms with Gasteiger partial charge < -0.3 is 15.2 Å². The summed E-state index contributed by atoms with van der Waals surface area (Å²) >= 11 is 0. The Morgan fingerprint density at radius 1 is 1.31 bits per heavy atom. The fourth-order valence-corrected chi connectivity index (χ4v) is 1.26. The molecule has 0 radical (unpaired) electrons. The maximum atomic E-state index is 11.2. The predicted octanol–water partition coefficient (Wildman–Crippen LogP) is 1.13. The van der Waals surface area contributed by atoms with E-state index in [2.05, 4.69) is 0 Å². The molecule has 0 fully saturated rings. The van der Waals surface area contributed by atoms with Gasteiger partial charge in [-0.1, -0.05) is 12.1 Å². The SMILES string of the molecule is CCOC(=O)Cc1ccc(OCCN)cc1. The Morgan fingerprint density at radius 3 is 2.56 bits per heavy atom. The molecule has 0 atom stereocenters. The fourth-order valence-electron chi connectivity index (χ4n) is 1.26. The number of esters is 1. The molecule has 0 amide bonds. The molecule has 0 heterocycles. The first-order valence-corrected chi connectivity index (χ1v) is 5.33. The van der Waals surface area contributed by atoms with E-state index in [4.69, 9.17) is 15.2 Å². The van der Waals surface area contributed by atoms with E-state index in [0.29, 0.717) is 26.2 Å². The van der Waals surface area contributed by atoms with E-state index in [1.807, 2.05) is 24.3 Å². The topological polar surface area (TPSA) is 61.5 Å². The average Bonchev–Trinajstić information content (AvgIpc) is 2.28. The van der Waals surface area contributed by atoms with Crippen molar-refractivity contribution in [2.45, 2.75) is 13.3 Å². The summed E-state index contributed by atoms with van der Waals surface area (Å²) in [6.07, 6.45) is 0.297. The summed E-state index contributed by atoms with van der Waals surface area (Å²) in [5.41, 5.74) is 6.23.